The van der Waals surface area contributed by atoms with Gasteiger partial charge in [0.25, 0.3) is 0 Å². The Morgan fingerprint density at radius 3 is 2.69 bits per heavy atom. The molecule has 1 aliphatic heterocycles. The minimum absolute atomic E-state index is 0.132. The zero-order chi connectivity index (χ0) is 11.9. The average molecular weight is 228 g/mol. The molecule has 0 aromatic rings. The van der Waals surface area contributed by atoms with E-state index in [1.165, 1.54) is 0 Å². The lowest BCUT2D eigenvalue weighted by molar-refractivity contribution is -0.120. The Balaban J connectivity index is 2.07. The first-order valence-corrected chi connectivity index (χ1v) is 6.21. The van der Waals surface area contributed by atoms with Gasteiger partial charge in [-0.1, -0.05) is 6.92 Å². The molecule has 0 unspecified atom stereocenters. The minimum atomic E-state index is 0.132. The van der Waals surface area contributed by atoms with Crippen molar-refractivity contribution in [2.75, 3.05) is 32.8 Å². The smallest absolute Gasteiger partial charge is 0.221 e. The largest absolute Gasteiger partial charge is 0.381 e. The van der Waals surface area contributed by atoms with Crippen LogP contribution in [0.25, 0.3) is 0 Å². The third-order valence-corrected chi connectivity index (χ3v) is 3.15. The van der Waals surface area contributed by atoms with E-state index in [2.05, 4.69) is 17.6 Å². The van der Waals surface area contributed by atoms with Gasteiger partial charge < -0.3 is 15.4 Å². The summed E-state index contributed by atoms with van der Waals surface area (Å²) in [6.45, 7) is 8.43. The van der Waals surface area contributed by atoms with Crippen molar-refractivity contribution in [2.24, 2.45) is 5.41 Å². The van der Waals surface area contributed by atoms with Crippen LogP contribution in [0.2, 0.25) is 0 Å². The molecule has 0 aromatic carbocycles. The van der Waals surface area contributed by atoms with E-state index in [1.807, 2.05) is 6.92 Å². The van der Waals surface area contributed by atoms with E-state index in [4.69, 9.17) is 4.74 Å². The van der Waals surface area contributed by atoms with E-state index in [0.29, 0.717) is 18.4 Å². The maximum atomic E-state index is 11.2. The lowest BCUT2D eigenvalue weighted by Gasteiger charge is -2.33. The van der Waals surface area contributed by atoms with E-state index in [9.17, 15) is 4.79 Å². The quantitative estimate of drug-likeness (QED) is 0.665. The third kappa shape index (κ3) is 4.94. The first-order valence-electron chi connectivity index (χ1n) is 6.21. The lowest BCUT2D eigenvalue weighted by Crippen LogP contribution is -2.38. The summed E-state index contributed by atoms with van der Waals surface area (Å²) in [5, 5.41) is 6.16. The van der Waals surface area contributed by atoms with Crippen LogP contribution < -0.4 is 10.6 Å². The molecule has 0 aliphatic carbocycles. The number of amides is 1. The molecule has 4 heteroatoms. The highest BCUT2D eigenvalue weighted by Crippen LogP contribution is 2.28. The van der Waals surface area contributed by atoms with Gasteiger partial charge in [-0.2, -0.15) is 0 Å². The number of carbonyl (C=O) groups is 1. The Hall–Kier alpha value is -0.610. The van der Waals surface area contributed by atoms with Crippen molar-refractivity contribution in [1.29, 1.82) is 0 Å². The Kier molecular flexibility index (Phi) is 5.77. The van der Waals surface area contributed by atoms with Crippen LogP contribution in [0.5, 0.6) is 0 Å². The van der Waals surface area contributed by atoms with Crippen molar-refractivity contribution in [3.05, 3.63) is 0 Å². The van der Waals surface area contributed by atoms with Gasteiger partial charge in [-0.05, 0) is 25.2 Å². The molecule has 1 fully saturated rings. The van der Waals surface area contributed by atoms with Crippen molar-refractivity contribution in [3.63, 3.8) is 0 Å². The SMILES string of the molecule is CCNC(=O)CCNCC1(C)CCOCC1. The molecule has 16 heavy (non-hydrogen) atoms. The van der Waals surface area contributed by atoms with E-state index in [1.54, 1.807) is 0 Å². The van der Waals surface area contributed by atoms with Gasteiger partial charge in [0.2, 0.25) is 5.91 Å². The molecule has 0 spiro atoms. The molecule has 4 nitrogen and oxygen atoms in total. The first kappa shape index (κ1) is 13.5. The molecule has 0 aromatic heterocycles. The normalized spacial score (nSPS) is 19.4. The van der Waals surface area contributed by atoms with Gasteiger partial charge in [0.1, 0.15) is 0 Å². The predicted octanol–water partition coefficient (Wildman–Crippen LogP) is 0.919. The maximum Gasteiger partial charge on any atom is 0.221 e. The Labute approximate surface area is 98.1 Å². The zero-order valence-corrected chi connectivity index (χ0v) is 10.5. The van der Waals surface area contributed by atoms with Gasteiger partial charge in [0, 0.05) is 39.3 Å². The van der Waals surface area contributed by atoms with Crippen molar-refractivity contribution in [3.8, 4) is 0 Å². The fraction of sp³-hybridized carbons (Fsp3) is 0.917. The van der Waals surface area contributed by atoms with Crippen LogP contribution >= 0.6 is 0 Å². The summed E-state index contributed by atoms with van der Waals surface area (Å²) < 4.78 is 5.35. The van der Waals surface area contributed by atoms with E-state index in [-0.39, 0.29) is 5.91 Å². The Morgan fingerprint density at radius 2 is 2.06 bits per heavy atom. The van der Waals surface area contributed by atoms with E-state index in [0.717, 1.165) is 39.1 Å². The molecule has 0 saturated carbocycles. The fourth-order valence-electron chi connectivity index (χ4n) is 1.92. The standard InChI is InChI=1S/C12H24N2O2/c1-3-14-11(15)4-7-13-10-12(2)5-8-16-9-6-12/h13H,3-10H2,1-2H3,(H,14,15). The second kappa shape index (κ2) is 6.86. The van der Waals surface area contributed by atoms with Gasteiger partial charge in [0.15, 0.2) is 0 Å². The summed E-state index contributed by atoms with van der Waals surface area (Å²) in [6.07, 6.45) is 2.79. The molecule has 2 N–H and O–H groups in total. The number of nitrogens with one attached hydrogen (secondary N) is 2. The summed E-state index contributed by atoms with van der Waals surface area (Å²) in [5.41, 5.74) is 0.347. The number of ether oxygens (including phenoxy) is 1. The number of rotatable bonds is 6. The highest BCUT2D eigenvalue weighted by molar-refractivity contribution is 5.75. The van der Waals surface area contributed by atoms with Gasteiger partial charge in [0.05, 0.1) is 0 Å². The van der Waals surface area contributed by atoms with Gasteiger partial charge >= 0.3 is 0 Å². The molecule has 1 aliphatic rings. The monoisotopic (exact) mass is 228 g/mol. The van der Waals surface area contributed by atoms with Crippen LogP contribution in [-0.4, -0.2) is 38.8 Å². The average Bonchev–Trinajstić information content (AvgIpc) is 2.26. The van der Waals surface area contributed by atoms with Crippen LogP contribution in [0.4, 0.5) is 0 Å². The van der Waals surface area contributed by atoms with Crippen molar-refractivity contribution >= 4 is 5.91 Å². The Bertz CT molecular complexity index is 213. The van der Waals surface area contributed by atoms with E-state index < -0.39 is 0 Å². The van der Waals surface area contributed by atoms with Gasteiger partial charge in [-0.25, -0.2) is 0 Å². The van der Waals surface area contributed by atoms with Crippen LogP contribution in [0.1, 0.15) is 33.1 Å². The highest BCUT2D eigenvalue weighted by atomic mass is 16.5. The molecule has 0 radical (unpaired) electrons. The van der Waals surface area contributed by atoms with Crippen LogP contribution in [0.15, 0.2) is 0 Å². The second-order valence-electron chi connectivity index (χ2n) is 4.80. The number of hydrogen-bond donors (Lipinski definition) is 2. The zero-order valence-electron chi connectivity index (χ0n) is 10.5. The van der Waals surface area contributed by atoms with Crippen LogP contribution in [0.3, 0.4) is 0 Å². The summed E-state index contributed by atoms with van der Waals surface area (Å²) >= 11 is 0. The molecule has 1 saturated heterocycles. The molecule has 94 valence electrons. The number of carbonyl (C=O) groups excluding carboxylic acids is 1. The fourth-order valence-corrected chi connectivity index (χ4v) is 1.92. The molecule has 1 rings (SSSR count). The summed E-state index contributed by atoms with van der Waals surface area (Å²) in [5.74, 6) is 0.132. The van der Waals surface area contributed by atoms with Gasteiger partial charge in [-0.3, -0.25) is 4.79 Å². The maximum absolute atomic E-state index is 11.2. The molecule has 0 atom stereocenters. The van der Waals surface area contributed by atoms with E-state index >= 15 is 0 Å². The molecule has 1 heterocycles. The summed E-state index contributed by atoms with van der Waals surface area (Å²) in [4.78, 5) is 11.2. The highest BCUT2D eigenvalue weighted by Gasteiger charge is 2.26. The van der Waals surface area contributed by atoms with Crippen molar-refractivity contribution in [2.45, 2.75) is 33.1 Å². The molecule has 1 amide bonds. The third-order valence-electron chi connectivity index (χ3n) is 3.15. The van der Waals surface area contributed by atoms with Crippen LogP contribution in [-0.2, 0) is 9.53 Å². The lowest BCUT2D eigenvalue weighted by atomic mass is 9.82. The summed E-state index contributed by atoms with van der Waals surface area (Å²) in [6, 6.07) is 0. The summed E-state index contributed by atoms with van der Waals surface area (Å²) in [7, 11) is 0. The van der Waals surface area contributed by atoms with Gasteiger partial charge in [-0.15, -0.1) is 0 Å². The predicted molar refractivity (Wildman–Crippen MR) is 64.3 cm³/mol. The topological polar surface area (TPSA) is 50.4 Å². The minimum Gasteiger partial charge on any atom is -0.381 e. The molecular formula is C12H24N2O2. The molecular weight excluding hydrogens is 204 g/mol. The number of hydrogen-bond acceptors (Lipinski definition) is 3. The van der Waals surface area contributed by atoms with Crippen molar-refractivity contribution in [1.82, 2.24) is 10.6 Å². The second-order valence-corrected chi connectivity index (χ2v) is 4.80. The Morgan fingerprint density at radius 1 is 1.38 bits per heavy atom. The first-order chi connectivity index (χ1) is 7.66. The molecule has 0 bridgehead atoms. The van der Waals surface area contributed by atoms with Crippen molar-refractivity contribution < 1.29 is 9.53 Å². The van der Waals surface area contributed by atoms with Crippen LogP contribution in [0, 0.1) is 5.41 Å².